The van der Waals surface area contributed by atoms with Gasteiger partial charge in [-0.05, 0) is 38.0 Å². The van der Waals surface area contributed by atoms with Gasteiger partial charge in [-0.3, -0.25) is 4.79 Å². The number of para-hydroxylation sites is 1. The Morgan fingerprint density at radius 3 is 2.79 bits per heavy atom. The lowest BCUT2D eigenvalue weighted by Crippen LogP contribution is -2.31. The average Bonchev–Trinajstić information content (AvgIpc) is 3.65. The molecule has 1 atom stereocenters. The van der Waals surface area contributed by atoms with Crippen LogP contribution in [0, 0.1) is 6.92 Å². The maximum absolute atomic E-state index is 13.7. The third-order valence-corrected chi connectivity index (χ3v) is 6.40. The number of rotatable bonds is 4. The molecule has 34 heavy (non-hydrogen) atoms. The van der Waals surface area contributed by atoms with Gasteiger partial charge in [0.15, 0.2) is 0 Å². The number of hydrogen-bond donors (Lipinski definition) is 0. The van der Waals surface area contributed by atoms with E-state index in [9.17, 15) is 4.79 Å². The zero-order valence-corrected chi connectivity index (χ0v) is 18.9. The summed E-state index contributed by atoms with van der Waals surface area (Å²) in [7, 11) is 2.00. The number of benzene rings is 2. The number of nitrogens with zero attached hydrogens (tertiary/aromatic N) is 7. The maximum Gasteiger partial charge on any atom is 0.256 e. The standard InChI is InChI=1S/C25H23N7O2/c1-16-9-10-21(32-26-11-12-27-32)18(14-16)25(33)31-13-5-8-22(31)24-28-23(29-34-24)19-15-30(2)20-7-4-3-6-17(19)20/h3-4,6-7,9-12,14-15,22H,5,8,13H2,1-2H3/t22-/m0/s1. The quantitative estimate of drug-likeness (QED) is 0.407. The number of likely N-dealkylation sites (tertiary alicyclic amines) is 1. The molecule has 170 valence electrons. The van der Waals surface area contributed by atoms with E-state index in [1.165, 1.54) is 4.80 Å². The van der Waals surface area contributed by atoms with E-state index in [1.807, 2.05) is 55.4 Å². The lowest BCUT2D eigenvalue weighted by Gasteiger charge is -2.23. The highest BCUT2D eigenvalue weighted by molar-refractivity contribution is 5.98. The predicted molar refractivity (Wildman–Crippen MR) is 125 cm³/mol. The summed E-state index contributed by atoms with van der Waals surface area (Å²) in [5, 5.41) is 13.8. The Balaban J connectivity index is 1.35. The van der Waals surface area contributed by atoms with E-state index in [4.69, 9.17) is 9.51 Å². The molecule has 1 amide bonds. The van der Waals surface area contributed by atoms with Gasteiger partial charge in [-0.2, -0.15) is 20.0 Å². The van der Waals surface area contributed by atoms with Gasteiger partial charge in [0.1, 0.15) is 6.04 Å². The Hall–Kier alpha value is -4.27. The third kappa shape index (κ3) is 3.28. The summed E-state index contributed by atoms with van der Waals surface area (Å²) in [6.45, 7) is 2.59. The Morgan fingerprint density at radius 1 is 1.12 bits per heavy atom. The summed E-state index contributed by atoms with van der Waals surface area (Å²) in [4.78, 5) is 21.7. The molecule has 1 fully saturated rings. The second-order valence-electron chi connectivity index (χ2n) is 8.62. The summed E-state index contributed by atoms with van der Waals surface area (Å²) in [5.74, 6) is 0.895. The first-order valence-corrected chi connectivity index (χ1v) is 11.3. The largest absolute Gasteiger partial charge is 0.350 e. The molecule has 0 unspecified atom stereocenters. The fourth-order valence-corrected chi connectivity index (χ4v) is 4.76. The molecule has 0 N–H and O–H groups in total. The number of hydrogen-bond acceptors (Lipinski definition) is 6. The maximum atomic E-state index is 13.7. The van der Waals surface area contributed by atoms with E-state index in [0.29, 0.717) is 29.5 Å². The van der Waals surface area contributed by atoms with Gasteiger partial charge in [0.2, 0.25) is 11.7 Å². The molecule has 9 nitrogen and oxygen atoms in total. The zero-order valence-electron chi connectivity index (χ0n) is 18.9. The summed E-state index contributed by atoms with van der Waals surface area (Å²) in [6.07, 6.45) is 6.83. The Bertz CT molecular complexity index is 1500. The second kappa shape index (κ2) is 7.95. The molecule has 0 saturated carbocycles. The molecule has 5 aromatic rings. The average molecular weight is 454 g/mol. The van der Waals surface area contributed by atoms with Crippen molar-refractivity contribution in [3.63, 3.8) is 0 Å². The van der Waals surface area contributed by atoms with Crippen molar-refractivity contribution in [1.29, 1.82) is 0 Å². The van der Waals surface area contributed by atoms with Crippen molar-refractivity contribution in [1.82, 2.24) is 34.6 Å². The van der Waals surface area contributed by atoms with Gasteiger partial charge < -0.3 is 14.0 Å². The second-order valence-corrected chi connectivity index (χ2v) is 8.62. The Morgan fingerprint density at radius 2 is 1.94 bits per heavy atom. The normalized spacial score (nSPS) is 15.9. The number of aromatic nitrogens is 6. The van der Waals surface area contributed by atoms with Crippen LogP contribution in [0.2, 0.25) is 0 Å². The first-order valence-electron chi connectivity index (χ1n) is 11.3. The molecular weight excluding hydrogens is 430 g/mol. The monoisotopic (exact) mass is 453 g/mol. The fourth-order valence-electron chi connectivity index (χ4n) is 4.76. The topological polar surface area (TPSA) is 94.9 Å². The summed E-state index contributed by atoms with van der Waals surface area (Å²) in [5.41, 5.74) is 4.20. The van der Waals surface area contributed by atoms with Crippen molar-refractivity contribution in [2.45, 2.75) is 25.8 Å². The number of aryl methyl sites for hydroxylation is 2. The van der Waals surface area contributed by atoms with E-state index in [1.54, 1.807) is 12.4 Å². The van der Waals surface area contributed by atoms with Gasteiger partial charge >= 0.3 is 0 Å². The van der Waals surface area contributed by atoms with Crippen LogP contribution in [0.4, 0.5) is 0 Å². The first-order chi connectivity index (χ1) is 16.6. The van der Waals surface area contributed by atoms with Crippen LogP contribution in [0.3, 0.4) is 0 Å². The van der Waals surface area contributed by atoms with Gasteiger partial charge in [0, 0.05) is 36.3 Å². The number of fused-ring (bicyclic) bond motifs is 1. The highest BCUT2D eigenvalue weighted by atomic mass is 16.5. The number of carbonyl (C=O) groups is 1. The molecule has 1 saturated heterocycles. The molecule has 1 aliphatic rings. The van der Waals surface area contributed by atoms with Gasteiger partial charge in [0.25, 0.3) is 5.91 Å². The van der Waals surface area contributed by atoms with Crippen LogP contribution in [0.15, 0.2) is 65.6 Å². The summed E-state index contributed by atoms with van der Waals surface area (Å²) < 4.78 is 7.76. The van der Waals surface area contributed by atoms with Crippen LogP contribution in [0.1, 0.15) is 40.7 Å². The molecule has 0 spiro atoms. The van der Waals surface area contributed by atoms with Gasteiger partial charge in [-0.15, -0.1) is 0 Å². The molecule has 2 aromatic carbocycles. The molecular formula is C25H23N7O2. The summed E-state index contributed by atoms with van der Waals surface area (Å²) >= 11 is 0. The highest BCUT2D eigenvalue weighted by Crippen LogP contribution is 2.35. The van der Waals surface area contributed by atoms with Crippen LogP contribution in [-0.2, 0) is 7.05 Å². The molecule has 4 heterocycles. The molecule has 0 bridgehead atoms. The molecule has 1 aliphatic heterocycles. The highest BCUT2D eigenvalue weighted by Gasteiger charge is 2.36. The van der Waals surface area contributed by atoms with Crippen LogP contribution in [-0.4, -0.2) is 47.1 Å². The lowest BCUT2D eigenvalue weighted by atomic mass is 10.1. The van der Waals surface area contributed by atoms with Crippen molar-refractivity contribution in [3.05, 3.63) is 78.1 Å². The van der Waals surface area contributed by atoms with E-state index >= 15 is 0 Å². The van der Waals surface area contributed by atoms with Crippen molar-refractivity contribution in [3.8, 4) is 17.1 Å². The zero-order chi connectivity index (χ0) is 23.2. The van der Waals surface area contributed by atoms with Gasteiger partial charge in [0.05, 0.1) is 23.6 Å². The SMILES string of the molecule is Cc1ccc(-n2nccn2)c(C(=O)N2CCC[C@H]2c2nc(-c3cn(C)c4ccccc34)no2)c1. The minimum absolute atomic E-state index is 0.0941. The van der Waals surface area contributed by atoms with Crippen molar-refractivity contribution >= 4 is 16.8 Å². The van der Waals surface area contributed by atoms with Crippen LogP contribution < -0.4 is 0 Å². The molecule has 9 heteroatoms. The number of carbonyl (C=O) groups excluding carboxylic acids is 1. The third-order valence-electron chi connectivity index (χ3n) is 6.40. The predicted octanol–water partition coefficient (Wildman–Crippen LogP) is 4.09. The minimum Gasteiger partial charge on any atom is -0.350 e. The summed E-state index contributed by atoms with van der Waals surface area (Å²) in [6, 6.07) is 13.5. The molecule has 3 aromatic heterocycles. The van der Waals surface area contributed by atoms with Crippen LogP contribution in [0.25, 0.3) is 28.0 Å². The lowest BCUT2D eigenvalue weighted by molar-refractivity contribution is 0.0709. The number of amides is 1. The van der Waals surface area contributed by atoms with Crippen LogP contribution in [0.5, 0.6) is 0 Å². The molecule has 6 rings (SSSR count). The van der Waals surface area contributed by atoms with E-state index in [-0.39, 0.29) is 11.9 Å². The fraction of sp³-hybridized carbons (Fsp3) is 0.240. The van der Waals surface area contributed by atoms with E-state index in [0.717, 1.165) is 34.9 Å². The van der Waals surface area contributed by atoms with Crippen molar-refractivity contribution in [2.24, 2.45) is 7.05 Å². The Labute approximate surface area is 195 Å². The van der Waals surface area contributed by atoms with E-state index in [2.05, 4.69) is 32.1 Å². The Kier molecular flexibility index (Phi) is 4.75. The smallest absolute Gasteiger partial charge is 0.256 e. The van der Waals surface area contributed by atoms with Crippen LogP contribution >= 0.6 is 0 Å². The first kappa shape index (κ1) is 20.3. The minimum atomic E-state index is -0.275. The van der Waals surface area contributed by atoms with Gasteiger partial charge in [-0.1, -0.05) is 35.0 Å². The van der Waals surface area contributed by atoms with Crippen molar-refractivity contribution < 1.29 is 9.32 Å². The van der Waals surface area contributed by atoms with E-state index < -0.39 is 0 Å². The molecule has 0 radical (unpaired) electrons. The van der Waals surface area contributed by atoms with Crippen molar-refractivity contribution in [2.75, 3.05) is 6.54 Å². The van der Waals surface area contributed by atoms with Gasteiger partial charge in [-0.25, -0.2) is 0 Å². The molecule has 0 aliphatic carbocycles.